The van der Waals surface area contributed by atoms with Crippen LogP contribution in [0.3, 0.4) is 0 Å². The first-order valence-electron chi connectivity index (χ1n) is 5.23. The Balaban J connectivity index is 1.97. The van der Waals surface area contributed by atoms with Crippen molar-refractivity contribution in [2.24, 2.45) is 13.0 Å². The summed E-state index contributed by atoms with van der Waals surface area (Å²) in [6, 6.07) is 0. The van der Waals surface area contributed by atoms with Crippen molar-refractivity contribution in [3.8, 4) is 0 Å². The fraction of sp³-hybridized carbons (Fsp3) is 0.636. The van der Waals surface area contributed by atoms with Crippen LogP contribution < -0.4 is 0 Å². The molecule has 0 saturated heterocycles. The molecule has 1 atom stereocenters. The molecule has 0 amide bonds. The fourth-order valence-electron chi connectivity index (χ4n) is 2.14. The maximum Gasteiger partial charge on any atom is 0.133 e. The van der Waals surface area contributed by atoms with Crippen LogP contribution in [0.2, 0.25) is 0 Å². The van der Waals surface area contributed by atoms with E-state index >= 15 is 0 Å². The first-order chi connectivity index (χ1) is 6.75. The number of rotatable bonds is 2. The van der Waals surface area contributed by atoms with Gasteiger partial charge in [-0.25, -0.2) is 4.98 Å². The predicted octanol–water partition coefficient (Wildman–Crippen LogP) is 1.72. The summed E-state index contributed by atoms with van der Waals surface area (Å²) in [7, 11) is 2.01. The van der Waals surface area contributed by atoms with E-state index in [0.29, 0.717) is 11.7 Å². The van der Waals surface area contributed by atoms with E-state index in [1.165, 1.54) is 6.42 Å². The average Bonchev–Trinajstić information content (AvgIpc) is 2.52. The van der Waals surface area contributed by atoms with Crippen molar-refractivity contribution in [1.82, 2.24) is 9.55 Å². The maximum absolute atomic E-state index is 11.3. The van der Waals surface area contributed by atoms with E-state index in [9.17, 15) is 4.79 Å². The molecule has 3 nitrogen and oxygen atoms in total. The molecule has 1 aliphatic rings. The Morgan fingerprint density at radius 1 is 1.64 bits per heavy atom. The van der Waals surface area contributed by atoms with Crippen molar-refractivity contribution < 1.29 is 4.79 Å². The zero-order valence-corrected chi connectivity index (χ0v) is 8.57. The molecule has 1 unspecified atom stereocenters. The highest BCUT2D eigenvalue weighted by molar-refractivity contribution is 5.79. The number of hydrogen-bond acceptors (Lipinski definition) is 2. The molecule has 76 valence electrons. The molecule has 1 aliphatic carbocycles. The molecule has 2 rings (SSSR count). The Bertz CT molecular complexity index is 330. The molecule has 1 saturated carbocycles. The van der Waals surface area contributed by atoms with Crippen LogP contribution in [-0.4, -0.2) is 15.3 Å². The Kier molecular flexibility index (Phi) is 2.66. The molecule has 1 aromatic heterocycles. The van der Waals surface area contributed by atoms with E-state index in [2.05, 4.69) is 4.98 Å². The van der Waals surface area contributed by atoms with Gasteiger partial charge in [0.25, 0.3) is 0 Å². The normalized spacial score (nSPS) is 22.6. The van der Waals surface area contributed by atoms with Crippen molar-refractivity contribution in [2.45, 2.75) is 32.1 Å². The highest BCUT2D eigenvalue weighted by Crippen LogP contribution is 2.24. The first kappa shape index (κ1) is 9.44. The van der Waals surface area contributed by atoms with Gasteiger partial charge in [-0.1, -0.05) is 0 Å². The molecule has 0 aromatic carbocycles. The van der Waals surface area contributed by atoms with Crippen LogP contribution in [0.4, 0.5) is 0 Å². The van der Waals surface area contributed by atoms with E-state index in [1.807, 2.05) is 24.0 Å². The van der Waals surface area contributed by atoms with Gasteiger partial charge in [-0.2, -0.15) is 0 Å². The van der Waals surface area contributed by atoms with E-state index in [4.69, 9.17) is 0 Å². The third-order valence-corrected chi connectivity index (χ3v) is 2.98. The number of aromatic nitrogens is 2. The molecule has 0 spiro atoms. The summed E-state index contributed by atoms with van der Waals surface area (Å²) in [5.41, 5.74) is 0. The van der Waals surface area contributed by atoms with Crippen molar-refractivity contribution in [2.75, 3.05) is 0 Å². The molecule has 0 N–H and O–H groups in total. The van der Waals surface area contributed by atoms with Crippen LogP contribution in [0, 0.1) is 5.92 Å². The number of Topliss-reactive ketones (excluding diaryl/α,β-unsaturated/α-hetero) is 1. The average molecular weight is 192 g/mol. The molecular formula is C11H16N2O. The van der Waals surface area contributed by atoms with Gasteiger partial charge in [0.05, 0.1) is 0 Å². The lowest BCUT2D eigenvalue weighted by Gasteiger charge is -2.20. The second kappa shape index (κ2) is 3.95. The van der Waals surface area contributed by atoms with Gasteiger partial charge in [-0.05, 0) is 18.8 Å². The molecular weight excluding hydrogens is 176 g/mol. The number of carbonyl (C=O) groups is 1. The number of carbonyl (C=O) groups excluding carboxylic acids is 1. The SMILES string of the molecule is Cn1ccnc1CC1CCCC(=O)C1. The molecule has 14 heavy (non-hydrogen) atoms. The van der Waals surface area contributed by atoms with Crippen LogP contribution in [0.1, 0.15) is 31.5 Å². The zero-order valence-electron chi connectivity index (χ0n) is 8.57. The highest BCUT2D eigenvalue weighted by Gasteiger charge is 2.20. The second-order valence-electron chi connectivity index (χ2n) is 4.16. The molecule has 0 aliphatic heterocycles. The number of imidazole rings is 1. The second-order valence-corrected chi connectivity index (χ2v) is 4.16. The van der Waals surface area contributed by atoms with Gasteiger partial charge in [0, 0.05) is 38.7 Å². The smallest absolute Gasteiger partial charge is 0.133 e. The molecule has 0 bridgehead atoms. The van der Waals surface area contributed by atoms with Crippen LogP contribution in [0.5, 0.6) is 0 Å². The van der Waals surface area contributed by atoms with Gasteiger partial charge in [0.15, 0.2) is 0 Å². The summed E-state index contributed by atoms with van der Waals surface area (Å²) in [5, 5.41) is 0. The molecule has 1 fully saturated rings. The lowest BCUT2D eigenvalue weighted by atomic mass is 9.86. The van der Waals surface area contributed by atoms with Gasteiger partial charge in [0.1, 0.15) is 11.6 Å². The Morgan fingerprint density at radius 2 is 2.50 bits per heavy atom. The molecule has 1 heterocycles. The summed E-state index contributed by atoms with van der Waals surface area (Å²) in [6.45, 7) is 0. The van der Waals surface area contributed by atoms with Gasteiger partial charge in [-0.3, -0.25) is 4.79 Å². The summed E-state index contributed by atoms with van der Waals surface area (Å²) in [5.74, 6) is 2.05. The molecule has 1 aromatic rings. The first-order valence-corrected chi connectivity index (χ1v) is 5.23. The largest absolute Gasteiger partial charge is 0.338 e. The van der Waals surface area contributed by atoms with Crippen molar-refractivity contribution in [1.29, 1.82) is 0 Å². The predicted molar refractivity (Wildman–Crippen MR) is 53.9 cm³/mol. The summed E-state index contributed by atoms with van der Waals surface area (Å²) in [4.78, 5) is 15.5. The zero-order chi connectivity index (χ0) is 9.97. The van der Waals surface area contributed by atoms with E-state index in [1.54, 1.807) is 0 Å². The lowest BCUT2D eigenvalue weighted by molar-refractivity contribution is -0.121. The number of hydrogen-bond donors (Lipinski definition) is 0. The molecule has 3 heteroatoms. The summed E-state index contributed by atoms with van der Waals surface area (Å²) in [6.07, 6.45) is 8.52. The summed E-state index contributed by atoms with van der Waals surface area (Å²) >= 11 is 0. The summed E-state index contributed by atoms with van der Waals surface area (Å²) < 4.78 is 2.04. The van der Waals surface area contributed by atoms with Crippen molar-refractivity contribution in [3.05, 3.63) is 18.2 Å². The quantitative estimate of drug-likeness (QED) is 0.715. The topological polar surface area (TPSA) is 34.9 Å². The fourth-order valence-corrected chi connectivity index (χ4v) is 2.14. The van der Waals surface area contributed by atoms with Crippen LogP contribution in [0.25, 0.3) is 0 Å². The monoisotopic (exact) mass is 192 g/mol. The van der Waals surface area contributed by atoms with Gasteiger partial charge < -0.3 is 4.57 Å². The standard InChI is InChI=1S/C11H16N2O/c1-13-6-5-12-11(13)8-9-3-2-4-10(14)7-9/h5-6,9H,2-4,7-8H2,1H3. The minimum absolute atomic E-state index is 0.426. The van der Waals surface area contributed by atoms with Crippen molar-refractivity contribution >= 4 is 5.78 Å². The number of aryl methyl sites for hydroxylation is 1. The van der Waals surface area contributed by atoms with Crippen LogP contribution in [-0.2, 0) is 18.3 Å². The van der Waals surface area contributed by atoms with E-state index in [0.717, 1.165) is 31.5 Å². The van der Waals surface area contributed by atoms with Crippen LogP contribution >= 0.6 is 0 Å². The number of nitrogens with zero attached hydrogens (tertiary/aromatic N) is 2. The van der Waals surface area contributed by atoms with Crippen LogP contribution in [0.15, 0.2) is 12.4 Å². The number of ketones is 1. The lowest BCUT2D eigenvalue weighted by Crippen LogP contribution is -2.18. The minimum Gasteiger partial charge on any atom is -0.338 e. The van der Waals surface area contributed by atoms with Crippen molar-refractivity contribution in [3.63, 3.8) is 0 Å². The van der Waals surface area contributed by atoms with Gasteiger partial charge in [-0.15, -0.1) is 0 Å². The van der Waals surface area contributed by atoms with E-state index < -0.39 is 0 Å². The molecule has 0 radical (unpaired) electrons. The van der Waals surface area contributed by atoms with Gasteiger partial charge >= 0.3 is 0 Å². The van der Waals surface area contributed by atoms with E-state index in [-0.39, 0.29) is 0 Å². The highest BCUT2D eigenvalue weighted by atomic mass is 16.1. The Labute approximate surface area is 84.1 Å². The maximum atomic E-state index is 11.3. The van der Waals surface area contributed by atoms with Gasteiger partial charge in [0.2, 0.25) is 0 Å². The minimum atomic E-state index is 0.426. The third-order valence-electron chi connectivity index (χ3n) is 2.98. The Hall–Kier alpha value is -1.12. The third kappa shape index (κ3) is 2.03. The Morgan fingerprint density at radius 3 is 3.14 bits per heavy atom.